The van der Waals surface area contributed by atoms with E-state index >= 15 is 0 Å². The van der Waals surface area contributed by atoms with Crippen LogP contribution in [-0.2, 0) is 6.54 Å². The summed E-state index contributed by atoms with van der Waals surface area (Å²) in [6, 6.07) is 0. The van der Waals surface area contributed by atoms with E-state index < -0.39 is 5.60 Å². The van der Waals surface area contributed by atoms with E-state index in [1.54, 1.807) is 25.6 Å². The highest BCUT2D eigenvalue weighted by Crippen LogP contribution is 2.14. The van der Waals surface area contributed by atoms with Gasteiger partial charge in [-0.3, -0.25) is 9.48 Å². The van der Waals surface area contributed by atoms with Gasteiger partial charge in [0.1, 0.15) is 5.69 Å². The maximum absolute atomic E-state index is 12.2. The standard InChI is InChI=1S/C11H20N4O2/c1-5-15-9(8(12)6-13-15)10(16)14(4)7-11(2,3)17/h6,17H,5,7,12H2,1-4H3. The summed E-state index contributed by atoms with van der Waals surface area (Å²) in [5.74, 6) is -0.232. The first-order chi connectivity index (χ1) is 7.76. The summed E-state index contributed by atoms with van der Waals surface area (Å²) in [7, 11) is 1.63. The number of carbonyl (C=O) groups excluding carboxylic acids is 1. The summed E-state index contributed by atoms with van der Waals surface area (Å²) in [5.41, 5.74) is 5.53. The van der Waals surface area contributed by atoms with Gasteiger partial charge in [0.2, 0.25) is 0 Å². The Balaban J connectivity index is 2.92. The fourth-order valence-corrected chi connectivity index (χ4v) is 1.71. The van der Waals surface area contributed by atoms with Crippen molar-refractivity contribution in [1.82, 2.24) is 14.7 Å². The van der Waals surface area contributed by atoms with Crippen molar-refractivity contribution in [3.8, 4) is 0 Å². The van der Waals surface area contributed by atoms with Gasteiger partial charge >= 0.3 is 0 Å². The molecule has 0 aliphatic carbocycles. The molecule has 1 amide bonds. The van der Waals surface area contributed by atoms with Crippen molar-refractivity contribution in [2.45, 2.75) is 32.9 Å². The molecular formula is C11H20N4O2. The van der Waals surface area contributed by atoms with E-state index in [9.17, 15) is 9.90 Å². The first-order valence-corrected chi connectivity index (χ1v) is 5.55. The molecule has 6 nitrogen and oxygen atoms in total. The Morgan fingerprint density at radius 3 is 2.71 bits per heavy atom. The molecule has 3 N–H and O–H groups in total. The van der Waals surface area contributed by atoms with Gasteiger partial charge in [0.15, 0.2) is 0 Å². The molecule has 0 radical (unpaired) electrons. The number of anilines is 1. The fraction of sp³-hybridized carbons (Fsp3) is 0.636. The lowest BCUT2D eigenvalue weighted by Gasteiger charge is -2.25. The highest BCUT2D eigenvalue weighted by atomic mass is 16.3. The van der Waals surface area contributed by atoms with Crippen LogP contribution < -0.4 is 5.73 Å². The van der Waals surface area contributed by atoms with Crippen LogP contribution in [0.5, 0.6) is 0 Å². The number of carbonyl (C=O) groups is 1. The van der Waals surface area contributed by atoms with Crippen molar-refractivity contribution in [2.24, 2.45) is 0 Å². The van der Waals surface area contributed by atoms with Crippen molar-refractivity contribution in [3.63, 3.8) is 0 Å². The van der Waals surface area contributed by atoms with Crippen LogP contribution in [0.1, 0.15) is 31.3 Å². The Kier molecular flexibility index (Phi) is 3.77. The number of aromatic nitrogens is 2. The minimum absolute atomic E-state index is 0.232. The molecule has 1 aromatic heterocycles. The summed E-state index contributed by atoms with van der Waals surface area (Å²) in [6.07, 6.45) is 1.47. The lowest BCUT2D eigenvalue weighted by molar-refractivity contribution is 0.0362. The maximum atomic E-state index is 12.2. The number of nitrogens with two attached hydrogens (primary N) is 1. The monoisotopic (exact) mass is 240 g/mol. The minimum Gasteiger partial charge on any atom is -0.396 e. The first kappa shape index (κ1) is 13.5. The van der Waals surface area contributed by atoms with Crippen LogP contribution in [0.2, 0.25) is 0 Å². The normalized spacial score (nSPS) is 11.6. The number of likely N-dealkylation sites (N-methyl/N-ethyl adjacent to an activating group) is 1. The van der Waals surface area contributed by atoms with Gasteiger partial charge < -0.3 is 15.7 Å². The average molecular weight is 240 g/mol. The molecule has 0 aromatic carbocycles. The average Bonchev–Trinajstić information content (AvgIpc) is 2.55. The molecule has 0 unspecified atom stereocenters. The van der Waals surface area contributed by atoms with Crippen LogP contribution in [0.25, 0.3) is 0 Å². The Morgan fingerprint density at radius 1 is 1.65 bits per heavy atom. The smallest absolute Gasteiger partial charge is 0.274 e. The number of rotatable bonds is 4. The molecular weight excluding hydrogens is 220 g/mol. The van der Waals surface area contributed by atoms with Gasteiger partial charge in [-0.25, -0.2) is 0 Å². The number of nitrogens with zero attached hydrogens (tertiary/aromatic N) is 3. The largest absolute Gasteiger partial charge is 0.396 e. The first-order valence-electron chi connectivity index (χ1n) is 5.55. The SMILES string of the molecule is CCn1ncc(N)c1C(=O)N(C)CC(C)(C)O. The second-order valence-electron chi connectivity index (χ2n) is 4.74. The zero-order chi connectivity index (χ0) is 13.2. The van der Waals surface area contributed by atoms with Gasteiger partial charge in [0.25, 0.3) is 5.91 Å². The molecule has 6 heteroatoms. The Hall–Kier alpha value is -1.56. The van der Waals surface area contributed by atoms with Crippen LogP contribution >= 0.6 is 0 Å². The van der Waals surface area contributed by atoms with E-state index in [2.05, 4.69) is 5.10 Å². The number of hydrogen-bond acceptors (Lipinski definition) is 4. The molecule has 96 valence electrons. The number of aliphatic hydroxyl groups is 1. The number of aryl methyl sites for hydroxylation is 1. The summed E-state index contributed by atoms with van der Waals surface area (Å²) < 4.78 is 1.55. The number of amides is 1. The van der Waals surface area contributed by atoms with E-state index in [0.717, 1.165) is 0 Å². The highest BCUT2D eigenvalue weighted by molar-refractivity contribution is 5.97. The zero-order valence-electron chi connectivity index (χ0n) is 10.8. The predicted octanol–water partition coefficient (Wildman–Crippen LogP) is 0.328. The van der Waals surface area contributed by atoms with Gasteiger partial charge in [0, 0.05) is 20.1 Å². The van der Waals surface area contributed by atoms with Crippen molar-refractivity contribution < 1.29 is 9.90 Å². The third-order valence-corrected chi connectivity index (χ3v) is 2.34. The van der Waals surface area contributed by atoms with E-state index in [-0.39, 0.29) is 12.5 Å². The summed E-state index contributed by atoms with van der Waals surface area (Å²) in [6.45, 7) is 6.00. The molecule has 0 aliphatic rings. The third kappa shape index (κ3) is 3.20. The summed E-state index contributed by atoms with van der Waals surface area (Å²) >= 11 is 0. The second-order valence-corrected chi connectivity index (χ2v) is 4.74. The molecule has 1 aromatic rings. The van der Waals surface area contributed by atoms with Crippen molar-refractivity contribution in [1.29, 1.82) is 0 Å². The maximum Gasteiger partial charge on any atom is 0.274 e. The van der Waals surface area contributed by atoms with E-state index in [4.69, 9.17) is 5.73 Å². The lowest BCUT2D eigenvalue weighted by Crippen LogP contribution is -2.40. The lowest BCUT2D eigenvalue weighted by atomic mass is 10.1. The topological polar surface area (TPSA) is 84.4 Å². The van der Waals surface area contributed by atoms with Crippen LogP contribution in [0.4, 0.5) is 5.69 Å². The molecule has 0 aliphatic heterocycles. The van der Waals surface area contributed by atoms with Crippen LogP contribution in [-0.4, -0.2) is 44.9 Å². The van der Waals surface area contributed by atoms with Gasteiger partial charge in [-0.15, -0.1) is 0 Å². The quantitative estimate of drug-likeness (QED) is 0.794. The molecule has 0 spiro atoms. The predicted molar refractivity (Wildman–Crippen MR) is 65.6 cm³/mol. The van der Waals surface area contributed by atoms with E-state index in [1.807, 2.05) is 6.92 Å². The van der Waals surface area contributed by atoms with E-state index in [1.165, 1.54) is 11.1 Å². The molecule has 1 heterocycles. The van der Waals surface area contributed by atoms with Gasteiger partial charge in [-0.2, -0.15) is 5.10 Å². The Bertz CT molecular complexity index is 406. The van der Waals surface area contributed by atoms with Crippen LogP contribution in [0.3, 0.4) is 0 Å². The molecule has 0 saturated heterocycles. The molecule has 0 fully saturated rings. The van der Waals surface area contributed by atoms with Crippen molar-refractivity contribution in [2.75, 3.05) is 19.3 Å². The van der Waals surface area contributed by atoms with Crippen molar-refractivity contribution >= 4 is 11.6 Å². The van der Waals surface area contributed by atoms with Crippen LogP contribution in [0.15, 0.2) is 6.20 Å². The Morgan fingerprint density at radius 2 is 2.24 bits per heavy atom. The minimum atomic E-state index is -0.934. The number of nitrogen functional groups attached to an aromatic ring is 1. The van der Waals surface area contributed by atoms with Gasteiger partial charge in [0.05, 0.1) is 17.5 Å². The van der Waals surface area contributed by atoms with Crippen molar-refractivity contribution in [3.05, 3.63) is 11.9 Å². The molecule has 1 rings (SSSR count). The molecule has 0 atom stereocenters. The van der Waals surface area contributed by atoms with Gasteiger partial charge in [-0.05, 0) is 20.8 Å². The van der Waals surface area contributed by atoms with Gasteiger partial charge in [-0.1, -0.05) is 0 Å². The molecule has 17 heavy (non-hydrogen) atoms. The second kappa shape index (κ2) is 4.75. The number of hydrogen-bond donors (Lipinski definition) is 2. The fourth-order valence-electron chi connectivity index (χ4n) is 1.71. The van der Waals surface area contributed by atoms with Crippen LogP contribution in [0, 0.1) is 0 Å². The zero-order valence-corrected chi connectivity index (χ0v) is 10.8. The summed E-state index contributed by atoms with van der Waals surface area (Å²) in [4.78, 5) is 13.6. The molecule has 0 bridgehead atoms. The Labute approximate surface area is 101 Å². The summed E-state index contributed by atoms with van der Waals surface area (Å²) in [5, 5.41) is 13.7. The third-order valence-electron chi connectivity index (χ3n) is 2.34. The molecule has 0 saturated carbocycles. The highest BCUT2D eigenvalue weighted by Gasteiger charge is 2.24. The van der Waals surface area contributed by atoms with E-state index in [0.29, 0.717) is 17.9 Å².